The van der Waals surface area contributed by atoms with Gasteiger partial charge in [0.05, 0.1) is 5.01 Å². The van der Waals surface area contributed by atoms with E-state index in [4.69, 9.17) is 0 Å². The third kappa shape index (κ3) is 3.29. The molecule has 0 radical (unpaired) electrons. The molecule has 1 aromatic heterocycles. The molecule has 3 heterocycles. The maximum Gasteiger partial charge on any atom is 0.223 e. The van der Waals surface area contributed by atoms with E-state index in [0.717, 1.165) is 24.5 Å². The molecule has 0 aliphatic carbocycles. The van der Waals surface area contributed by atoms with E-state index in [1.807, 2.05) is 11.6 Å². The average molecular weight is 307 g/mol. The minimum atomic E-state index is 0.329. The van der Waals surface area contributed by atoms with Gasteiger partial charge in [-0.2, -0.15) is 0 Å². The highest BCUT2D eigenvalue weighted by Crippen LogP contribution is 2.30. The molecule has 3 rings (SSSR count). The second kappa shape index (κ2) is 6.88. The largest absolute Gasteiger partial charge is 0.338 e. The molecule has 2 atom stereocenters. The molecule has 0 N–H and O–H groups in total. The van der Waals surface area contributed by atoms with E-state index in [0.29, 0.717) is 24.4 Å². The zero-order chi connectivity index (χ0) is 14.7. The van der Waals surface area contributed by atoms with Crippen molar-refractivity contribution in [2.45, 2.75) is 57.5 Å². The summed E-state index contributed by atoms with van der Waals surface area (Å²) in [5.74, 6) is 0.329. The van der Waals surface area contributed by atoms with Crippen LogP contribution in [0.1, 0.15) is 44.0 Å². The van der Waals surface area contributed by atoms with E-state index >= 15 is 0 Å². The Hall–Kier alpha value is -0.940. The fraction of sp³-hybridized carbons (Fsp3) is 0.750. The molecular weight excluding hydrogens is 282 g/mol. The standard InChI is InChI=1S/C16H25N3OS/c1-2-18-10-3-5-13(18)14-6-4-11-19(14)16(20)8-7-15-17-9-12-21-15/h9,12-14H,2-8,10-11H2,1H3. The monoisotopic (exact) mass is 307 g/mol. The number of aryl methyl sites for hydroxylation is 1. The molecule has 21 heavy (non-hydrogen) atoms. The number of carbonyl (C=O) groups excluding carboxylic acids is 1. The van der Waals surface area contributed by atoms with E-state index in [9.17, 15) is 4.79 Å². The Bertz CT molecular complexity index is 462. The molecule has 1 amide bonds. The molecule has 2 fully saturated rings. The zero-order valence-corrected chi connectivity index (χ0v) is 13.6. The molecule has 0 saturated carbocycles. The Morgan fingerprint density at radius 3 is 2.90 bits per heavy atom. The van der Waals surface area contributed by atoms with Crippen LogP contribution >= 0.6 is 11.3 Å². The number of amides is 1. The van der Waals surface area contributed by atoms with Crippen LogP contribution in [0.4, 0.5) is 0 Å². The summed E-state index contributed by atoms with van der Waals surface area (Å²) in [6.07, 6.45) is 8.13. The summed E-state index contributed by atoms with van der Waals surface area (Å²) in [6, 6.07) is 1.05. The van der Waals surface area contributed by atoms with Crippen molar-refractivity contribution in [2.24, 2.45) is 0 Å². The highest BCUT2D eigenvalue weighted by atomic mass is 32.1. The second-order valence-corrected chi connectivity index (χ2v) is 7.04. The smallest absolute Gasteiger partial charge is 0.223 e. The number of carbonyl (C=O) groups is 1. The van der Waals surface area contributed by atoms with Crippen molar-refractivity contribution in [3.05, 3.63) is 16.6 Å². The summed E-state index contributed by atoms with van der Waals surface area (Å²) in [5, 5.41) is 3.06. The zero-order valence-electron chi connectivity index (χ0n) is 12.8. The second-order valence-electron chi connectivity index (χ2n) is 6.06. The fourth-order valence-corrected chi connectivity index (χ4v) is 4.54. The highest BCUT2D eigenvalue weighted by molar-refractivity contribution is 7.09. The van der Waals surface area contributed by atoms with Gasteiger partial charge in [0.15, 0.2) is 0 Å². The van der Waals surface area contributed by atoms with E-state index < -0.39 is 0 Å². The van der Waals surface area contributed by atoms with Crippen molar-refractivity contribution in [1.82, 2.24) is 14.8 Å². The van der Waals surface area contributed by atoms with Gasteiger partial charge < -0.3 is 4.90 Å². The molecule has 2 aliphatic rings. The number of thiazole rings is 1. The fourth-order valence-electron chi connectivity index (χ4n) is 3.92. The van der Waals surface area contributed by atoms with Crippen LogP contribution in [0.25, 0.3) is 0 Å². The van der Waals surface area contributed by atoms with Gasteiger partial charge in [-0.1, -0.05) is 6.92 Å². The average Bonchev–Trinajstić information content (AvgIpc) is 3.23. The van der Waals surface area contributed by atoms with E-state index in [-0.39, 0.29) is 0 Å². The van der Waals surface area contributed by atoms with Crippen LogP contribution in [0.2, 0.25) is 0 Å². The summed E-state index contributed by atoms with van der Waals surface area (Å²) in [6.45, 7) is 5.51. The molecule has 4 nitrogen and oxygen atoms in total. The molecule has 2 unspecified atom stereocenters. The SMILES string of the molecule is CCN1CCCC1C1CCCN1C(=O)CCc1nccs1. The first-order chi connectivity index (χ1) is 10.3. The molecule has 5 heteroatoms. The summed E-state index contributed by atoms with van der Waals surface area (Å²) in [4.78, 5) is 21.6. The lowest BCUT2D eigenvalue weighted by molar-refractivity contribution is -0.133. The van der Waals surface area contributed by atoms with Gasteiger partial charge in [0.25, 0.3) is 0 Å². The molecule has 1 aromatic rings. The van der Waals surface area contributed by atoms with Crippen LogP contribution in [-0.4, -0.2) is 52.4 Å². The minimum Gasteiger partial charge on any atom is -0.338 e. The predicted octanol–water partition coefficient (Wildman–Crippen LogP) is 2.55. The van der Waals surface area contributed by atoms with Crippen molar-refractivity contribution in [1.29, 1.82) is 0 Å². The van der Waals surface area contributed by atoms with Crippen molar-refractivity contribution in [2.75, 3.05) is 19.6 Å². The Morgan fingerprint density at radius 2 is 2.14 bits per heavy atom. The molecular formula is C16H25N3OS. The molecule has 0 aromatic carbocycles. The van der Waals surface area contributed by atoms with Crippen LogP contribution < -0.4 is 0 Å². The number of nitrogens with zero attached hydrogens (tertiary/aromatic N) is 3. The number of aromatic nitrogens is 1. The normalized spacial score (nSPS) is 26.6. The molecule has 2 aliphatic heterocycles. The lowest BCUT2D eigenvalue weighted by Crippen LogP contribution is -2.48. The third-order valence-corrected chi connectivity index (χ3v) is 5.76. The Labute approximate surface area is 131 Å². The van der Waals surface area contributed by atoms with Gasteiger partial charge in [-0.3, -0.25) is 9.69 Å². The molecule has 0 spiro atoms. The Morgan fingerprint density at radius 1 is 1.33 bits per heavy atom. The first-order valence-corrected chi connectivity index (χ1v) is 9.09. The van der Waals surface area contributed by atoms with Gasteiger partial charge in [-0.25, -0.2) is 4.98 Å². The summed E-state index contributed by atoms with van der Waals surface area (Å²) < 4.78 is 0. The van der Waals surface area contributed by atoms with Crippen LogP contribution in [0.15, 0.2) is 11.6 Å². The van der Waals surface area contributed by atoms with Crippen molar-refractivity contribution in [3.8, 4) is 0 Å². The first kappa shape index (κ1) is 15.0. The number of hydrogen-bond acceptors (Lipinski definition) is 4. The lowest BCUT2D eigenvalue weighted by atomic mass is 10.0. The summed E-state index contributed by atoms with van der Waals surface area (Å²) in [5.41, 5.74) is 0. The van der Waals surface area contributed by atoms with Crippen molar-refractivity contribution in [3.63, 3.8) is 0 Å². The van der Waals surface area contributed by atoms with Crippen LogP contribution in [0, 0.1) is 0 Å². The maximum absolute atomic E-state index is 12.6. The van der Waals surface area contributed by atoms with Gasteiger partial charge in [-0.15, -0.1) is 11.3 Å². The molecule has 0 bridgehead atoms. The number of likely N-dealkylation sites (N-methyl/N-ethyl adjacent to an activating group) is 1. The minimum absolute atomic E-state index is 0.329. The summed E-state index contributed by atoms with van der Waals surface area (Å²) >= 11 is 1.65. The van der Waals surface area contributed by atoms with Crippen molar-refractivity contribution >= 4 is 17.2 Å². The van der Waals surface area contributed by atoms with Gasteiger partial charge in [-0.05, 0) is 38.8 Å². The van der Waals surface area contributed by atoms with Gasteiger partial charge in [0.1, 0.15) is 0 Å². The topological polar surface area (TPSA) is 36.4 Å². The van der Waals surface area contributed by atoms with Crippen molar-refractivity contribution < 1.29 is 4.79 Å². The van der Waals surface area contributed by atoms with E-state index in [2.05, 4.69) is 21.7 Å². The Kier molecular flexibility index (Phi) is 4.91. The number of hydrogen-bond donors (Lipinski definition) is 0. The van der Waals surface area contributed by atoms with Crippen LogP contribution in [-0.2, 0) is 11.2 Å². The predicted molar refractivity (Wildman–Crippen MR) is 85.4 cm³/mol. The number of rotatable bonds is 5. The quantitative estimate of drug-likeness (QED) is 0.839. The summed E-state index contributed by atoms with van der Waals surface area (Å²) in [7, 11) is 0. The molecule has 2 saturated heterocycles. The van der Waals surface area contributed by atoms with Crippen LogP contribution in [0.5, 0.6) is 0 Å². The maximum atomic E-state index is 12.6. The molecule has 116 valence electrons. The number of likely N-dealkylation sites (tertiary alicyclic amines) is 2. The third-order valence-electron chi connectivity index (χ3n) is 4.92. The van der Waals surface area contributed by atoms with Gasteiger partial charge in [0.2, 0.25) is 5.91 Å². The van der Waals surface area contributed by atoms with Crippen LogP contribution in [0.3, 0.4) is 0 Å². The van der Waals surface area contributed by atoms with E-state index in [1.54, 1.807) is 11.3 Å². The lowest BCUT2D eigenvalue weighted by Gasteiger charge is -2.34. The van der Waals surface area contributed by atoms with Gasteiger partial charge in [0, 0.05) is 43.0 Å². The van der Waals surface area contributed by atoms with E-state index in [1.165, 1.54) is 32.2 Å². The highest BCUT2D eigenvalue weighted by Gasteiger charge is 2.38. The Balaban J connectivity index is 1.59. The van der Waals surface area contributed by atoms with Gasteiger partial charge >= 0.3 is 0 Å². The first-order valence-electron chi connectivity index (χ1n) is 8.21.